The fourth-order valence-electron chi connectivity index (χ4n) is 1.45. The topological polar surface area (TPSA) is 63.0 Å². The molecule has 0 unspecified atom stereocenters. The van der Waals surface area contributed by atoms with Crippen molar-refractivity contribution < 1.29 is 24.3 Å². The highest BCUT2D eigenvalue weighted by molar-refractivity contribution is 9.10. The van der Waals surface area contributed by atoms with Gasteiger partial charge in [0, 0.05) is 5.56 Å². The minimum Gasteiger partial charge on any atom is -0.545 e. The molecule has 0 radical (unpaired) electrons. The van der Waals surface area contributed by atoms with Crippen molar-refractivity contribution in [1.29, 1.82) is 0 Å². The van der Waals surface area contributed by atoms with Gasteiger partial charge in [0.25, 0.3) is 0 Å². The Morgan fingerprint density at radius 3 is 2.58 bits per heavy atom. The van der Waals surface area contributed by atoms with Crippen LogP contribution in [0.2, 0.25) is 0 Å². The number of carboxylic acid groups (broad SMARTS) is 1. The number of carbonyl (C=O) groups excluding carboxylic acids is 1. The molecule has 0 bridgehead atoms. The Hall–Kier alpha value is -1.27. The first-order valence-electron chi connectivity index (χ1n) is 6.05. The molecule has 5 nitrogen and oxygen atoms in total. The van der Waals surface area contributed by atoms with Gasteiger partial charge in [-0.2, -0.15) is 0 Å². The van der Waals surface area contributed by atoms with Gasteiger partial charge < -0.3 is 24.3 Å². The lowest BCUT2D eigenvalue weighted by atomic mass is 10.2. The molecule has 0 heterocycles. The zero-order valence-corrected chi connectivity index (χ0v) is 12.9. The zero-order valence-electron chi connectivity index (χ0n) is 11.3. The van der Waals surface area contributed by atoms with Crippen molar-refractivity contribution in [3.05, 3.63) is 22.2 Å². The van der Waals surface area contributed by atoms with Crippen molar-refractivity contribution in [1.82, 2.24) is 0 Å². The van der Waals surface area contributed by atoms with Crippen LogP contribution in [0.15, 0.2) is 16.6 Å². The van der Waals surface area contributed by atoms with Crippen LogP contribution in [-0.4, -0.2) is 39.8 Å². The molecule has 0 amide bonds. The summed E-state index contributed by atoms with van der Waals surface area (Å²) in [6.07, 6.45) is 0. The van der Waals surface area contributed by atoms with E-state index in [0.29, 0.717) is 29.2 Å². The van der Waals surface area contributed by atoms with Crippen LogP contribution in [-0.2, 0) is 0 Å². The number of nitrogens with one attached hydrogen (secondary N) is 1. The van der Waals surface area contributed by atoms with Gasteiger partial charge in [-0.3, -0.25) is 0 Å². The summed E-state index contributed by atoms with van der Waals surface area (Å²) in [6.45, 7) is 3.61. The van der Waals surface area contributed by atoms with Crippen molar-refractivity contribution in [2.24, 2.45) is 0 Å². The fourth-order valence-corrected chi connectivity index (χ4v) is 2.00. The van der Waals surface area contributed by atoms with Crippen molar-refractivity contribution in [2.45, 2.75) is 6.92 Å². The van der Waals surface area contributed by atoms with Crippen LogP contribution in [0, 0.1) is 0 Å². The third-order valence-electron chi connectivity index (χ3n) is 2.39. The van der Waals surface area contributed by atoms with Crippen LogP contribution >= 0.6 is 15.9 Å². The molecule has 1 rings (SSSR count). The molecule has 0 aliphatic carbocycles. The molecule has 6 heteroatoms. The summed E-state index contributed by atoms with van der Waals surface area (Å²) in [5.41, 5.74) is 0.0564. The number of hydrogen-bond donors (Lipinski definition) is 1. The SMILES string of the molecule is CCOc1cc(C(=O)[O-])cc(Br)c1OCC[NH+](C)C. The largest absolute Gasteiger partial charge is 0.545 e. The number of aromatic carboxylic acids is 1. The summed E-state index contributed by atoms with van der Waals surface area (Å²) in [4.78, 5) is 12.2. The van der Waals surface area contributed by atoms with Gasteiger partial charge in [0.05, 0.1) is 31.1 Å². The maximum atomic E-state index is 10.9. The second-order valence-corrected chi connectivity index (χ2v) is 5.17. The van der Waals surface area contributed by atoms with Gasteiger partial charge in [0.1, 0.15) is 13.2 Å². The molecule has 1 aromatic carbocycles. The Balaban J connectivity index is 2.97. The predicted molar refractivity (Wildman–Crippen MR) is 72.8 cm³/mol. The minimum atomic E-state index is -1.24. The first kappa shape index (κ1) is 15.8. The van der Waals surface area contributed by atoms with E-state index in [1.165, 1.54) is 17.0 Å². The van der Waals surface area contributed by atoms with Crippen LogP contribution in [0.4, 0.5) is 0 Å². The fraction of sp³-hybridized carbons (Fsp3) is 0.462. The predicted octanol–water partition coefficient (Wildman–Crippen LogP) is -0.265. The smallest absolute Gasteiger partial charge is 0.175 e. The van der Waals surface area contributed by atoms with Crippen LogP contribution in [0.25, 0.3) is 0 Å². The van der Waals surface area contributed by atoms with Crippen molar-refractivity contribution in [3.63, 3.8) is 0 Å². The standard InChI is InChI=1S/C13H18BrNO4/c1-4-18-11-8-9(13(16)17)7-10(14)12(11)19-6-5-15(2)3/h7-8H,4-6H2,1-3H3,(H,16,17). The Morgan fingerprint density at radius 2 is 2.05 bits per heavy atom. The first-order valence-corrected chi connectivity index (χ1v) is 6.84. The van der Waals surface area contributed by atoms with E-state index in [9.17, 15) is 9.90 Å². The maximum absolute atomic E-state index is 10.9. The summed E-state index contributed by atoms with van der Waals surface area (Å²) in [5.74, 6) is -0.316. The molecule has 0 aromatic heterocycles. The van der Waals surface area contributed by atoms with Gasteiger partial charge in [0.15, 0.2) is 11.5 Å². The highest BCUT2D eigenvalue weighted by atomic mass is 79.9. The van der Waals surface area contributed by atoms with E-state index in [2.05, 4.69) is 15.9 Å². The van der Waals surface area contributed by atoms with Crippen molar-refractivity contribution >= 4 is 21.9 Å². The number of carboxylic acids is 1. The summed E-state index contributed by atoms with van der Waals surface area (Å²) in [6, 6.07) is 2.87. The number of rotatable bonds is 7. The van der Waals surface area contributed by atoms with Crippen LogP contribution in [0.3, 0.4) is 0 Å². The van der Waals surface area contributed by atoms with Crippen LogP contribution in [0.5, 0.6) is 11.5 Å². The van der Waals surface area contributed by atoms with Crippen LogP contribution < -0.4 is 19.5 Å². The number of quaternary nitrogens is 1. The molecule has 0 aliphatic heterocycles. The number of ether oxygens (including phenoxy) is 2. The molecule has 0 saturated heterocycles. The molecule has 0 fully saturated rings. The Kier molecular flexibility index (Phi) is 6.11. The molecule has 0 aliphatic rings. The van der Waals surface area contributed by atoms with E-state index in [0.717, 1.165) is 6.54 Å². The number of benzene rings is 1. The van der Waals surface area contributed by atoms with Gasteiger partial charge in [0.2, 0.25) is 0 Å². The molecule has 0 saturated carbocycles. The van der Waals surface area contributed by atoms with E-state index in [1.807, 2.05) is 21.0 Å². The minimum absolute atomic E-state index is 0.0564. The lowest BCUT2D eigenvalue weighted by Gasteiger charge is -2.16. The third-order valence-corrected chi connectivity index (χ3v) is 2.98. The highest BCUT2D eigenvalue weighted by Crippen LogP contribution is 2.36. The Bertz CT molecular complexity index is 449. The number of hydrogen-bond acceptors (Lipinski definition) is 4. The molecule has 0 spiro atoms. The number of carbonyl (C=O) groups is 1. The van der Waals surface area contributed by atoms with Crippen molar-refractivity contribution in [3.8, 4) is 11.5 Å². The summed E-state index contributed by atoms with van der Waals surface area (Å²) in [7, 11) is 4.06. The molecule has 106 valence electrons. The molecule has 19 heavy (non-hydrogen) atoms. The maximum Gasteiger partial charge on any atom is 0.175 e. The van der Waals surface area contributed by atoms with Gasteiger partial charge in [-0.1, -0.05) is 0 Å². The lowest BCUT2D eigenvalue weighted by Crippen LogP contribution is -3.06. The average Bonchev–Trinajstić information content (AvgIpc) is 2.31. The van der Waals surface area contributed by atoms with E-state index < -0.39 is 5.97 Å². The highest BCUT2D eigenvalue weighted by Gasteiger charge is 2.13. The van der Waals surface area contributed by atoms with E-state index in [1.54, 1.807) is 0 Å². The average molecular weight is 332 g/mol. The first-order chi connectivity index (χ1) is 8.95. The molecular formula is C13H18BrNO4. The normalized spacial score (nSPS) is 10.6. The zero-order chi connectivity index (χ0) is 14.4. The molecular weight excluding hydrogens is 314 g/mol. The van der Waals surface area contributed by atoms with E-state index in [4.69, 9.17) is 9.47 Å². The Morgan fingerprint density at radius 1 is 1.37 bits per heavy atom. The molecule has 0 atom stereocenters. The van der Waals surface area contributed by atoms with Crippen molar-refractivity contribution in [2.75, 3.05) is 33.9 Å². The quantitative estimate of drug-likeness (QED) is 0.747. The monoisotopic (exact) mass is 331 g/mol. The second kappa shape index (κ2) is 7.35. The summed E-state index contributed by atoms with van der Waals surface area (Å²) >= 11 is 3.30. The number of likely N-dealkylation sites (N-methyl/N-ethyl adjacent to an activating group) is 1. The molecule has 1 aromatic rings. The van der Waals surface area contributed by atoms with Gasteiger partial charge in [-0.25, -0.2) is 0 Å². The van der Waals surface area contributed by atoms with E-state index >= 15 is 0 Å². The lowest BCUT2D eigenvalue weighted by molar-refractivity contribution is -0.858. The summed E-state index contributed by atoms with van der Waals surface area (Å²) < 4.78 is 11.6. The van der Waals surface area contributed by atoms with Gasteiger partial charge >= 0.3 is 0 Å². The Labute approximate surface area is 121 Å². The van der Waals surface area contributed by atoms with Gasteiger partial charge in [-0.05, 0) is 35.0 Å². The molecule has 1 N–H and O–H groups in total. The summed E-state index contributed by atoms with van der Waals surface area (Å²) in [5, 5.41) is 10.9. The number of halogens is 1. The second-order valence-electron chi connectivity index (χ2n) is 4.31. The van der Waals surface area contributed by atoms with E-state index in [-0.39, 0.29) is 5.56 Å². The van der Waals surface area contributed by atoms with Gasteiger partial charge in [-0.15, -0.1) is 0 Å². The van der Waals surface area contributed by atoms with Crippen LogP contribution in [0.1, 0.15) is 17.3 Å². The third kappa shape index (κ3) is 4.72.